The molecule has 32 heavy (non-hydrogen) atoms. The van der Waals surface area contributed by atoms with Crippen molar-refractivity contribution in [3.8, 4) is 0 Å². The Hall–Kier alpha value is -3.92. The number of Topliss-reactive ketones (excluding diaryl/α,β-unsaturated/α-hetero) is 1. The van der Waals surface area contributed by atoms with Crippen LogP contribution in [0.4, 0.5) is 17.2 Å². The number of hydrogen-bond acceptors (Lipinski definition) is 7. The average molecular weight is 452 g/mol. The van der Waals surface area contributed by atoms with E-state index in [9.17, 15) is 18.0 Å². The number of nitrogens with one attached hydrogen (secondary N) is 2. The molecule has 1 amide bonds. The molecule has 9 nitrogen and oxygen atoms in total. The molecule has 1 aromatic heterocycles. The van der Waals surface area contributed by atoms with Gasteiger partial charge in [-0.2, -0.15) is 10.2 Å². The summed E-state index contributed by atoms with van der Waals surface area (Å²) in [4.78, 5) is 28.4. The maximum Gasteiger partial charge on any atom is 0.263 e. The predicted molar refractivity (Wildman–Crippen MR) is 120 cm³/mol. The van der Waals surface area contributed by atoms with Crippen molar-refractivity contribution in [3.63, 3.8) is 0 Å². The van der Waals surface area contributed by atoms with E-state index in [1.807, 2.05) is 19.1 Å². The average Bonchev–Trinajstić information content (AvgIpc) is 2.76. The van der Waals surface area contributed by atoms with Gasteiger partial charge in [0.15, 0.2) is 5.78 Å². The Morgan fingerprint density at radius 3 is 2.28 bits per heavy atom. The van der Waals surface area contributed by atoms with Gasteiger partial charge in [0.05, 0.1) is 10.6 Å². The first-order valence-corrected chi connectivity index (χ1v) is 11.1. The quantitative estimate of drug-likeness (QED) is 0.397. The van der Waals surface area contributed by atoms with Gasteiger partial charge in [-0.1, -0.05) is 24.3 Å². The SMILES string of the molecule is CC(=O)[C@H](N=Nc1ccc(S(=O)(=O)Nc2ccccn2)cc1)C(=O)Nc1ccccc1C. The molecule has 0 saturated carbocycles. The number of azo groups is 1. The minimum absolute atomic E-state index is 0.00233. The predicted octanol–water partition coefficient (Wildman–Crippen LogP) is 3.87. The van der Waals surface area contributed by atoms with Crippen LogP contribution in [0.5, 0.6) is 0 Å². The van der Waals surface area contributed by atoms with Gasteiger partial charge < -0.3 is 5.32 Å². The minimum Gasteiger partial charge on any atom is -0.324 e. The molecule has 1 heterocycles. The highest BCUT2D eigenvalue weighted by Crippen LogP contribution is 2.20. The molecule has 3 aromatic rings. The van der Waals surface area contributed by atoms with Crippen molar-refractivity contribution in [1.82, 2.24) is 4.98 Å². The van der Waals surface area contributed by atoms with Crippen LogP contribution >= 0.6 is 0 Å². The number of para-hydroxylation sites is 1. The second kappa shape index (κ2) is 9.92. The molecule has 0 spiro atoms. The van der Waals surface area contributed by atoms with E-state index in [1.54, 1.807) is 24.3 Å². The first-order valence-electron chi connectivity index (χ1n) is 9.58. The fourth-order valence-electron chi connectivity index (χ4n) is 2.67. The zero-order valence-electron chi connectivity index (χ0n) is 17.4. The van der Waals surface area contributed by atoms with Gasteiger partial charge in [-0.05, 0) is 61.9 Å². The number of carbonyl (C=O) groups excluding carboxylic acids is 2. The monoisotopic (exact) mass is 451 g/mol. The number of hydrogen-bond donors (Lipinski definition) is 2. The zero-order chi connectivity index (χ0) is 23.1. The van der Waals surface area contributed by atoms with Gasteiger partial charge in [-0.25, -0.2) is 13.4 Å². The molecule has 0 aliphatic rings. The highest BCUT2D eigenvalue weighted by Gasteiger charge is 2.23. The van der Waals surface area contributed by atoms with Crippen molar-refractivity contribution in [2.24, 2.45) is 10.2 Å². The second-order valence-electron chi connectivity index (χ2n) is 6.85. The maximum atomic E-state index is 12.5. The molecule has 0 bridgehead atoms. The summed E-state index contributed by atoms with van der Waals surface area (Å²) in [6, 6.07) is 16.2. The van der Waals surface area contributed by atoms with Crippen LogP contribution in [0.25, 0.3) is 0 Å². The third-order valence-corrected chi connectivity index (χ3v) is 5.75. The molecule has 2 N–H and O–H groups in total. The number of rotatable bonds is 8. The standard InChI is InChI=1S/C22H21N5O4S/c1-15-7-3-4-8-19(15)24-22(29)21(16(2)28)26-25-17-10-12-18(13-11-17)32(30,31)27-20-9-5-6-14-23-20/h3-14,21H,1-2H3,(H,23,27)(H,24,29)/t21-/m0/s1. The fourth-order valence-corrected chi connectivity index (χ4v) is 3.68. The molecule has 0 radical (unpaired) electrons. The summed E-state index contributed by atoms with van der Waals surface area (Å²) in [6.07, 6.45) is 1.47. The molecule has 3 rings (SSSR count). The van der Waals surface area contributed by atoms with Crippen molar-refractivity contribution >= 4 is 38.9 Å². The summed E-state index contributed by atoms with van der Waals surface area (Å²) in [7, 11) is -3.83. The molecule has 0 fully saturated rings. The van der Waals surface area contributed by atoms with Crippen LogP contribution in [0.1, 0.15) is 12.5 Å². The van der Waals surface area contributed by atoms with Crippen LogP contribution in [-0.4, -0.2) is 31.1 Å². The maximum absolute atomic E-state index is 12.5. The number of aryl methyl sites for hydroxylation is 1. The Morgan fingerprint density at radius 2 is 1.66 bits per heavy atom. The van der Waals surface area contributed by atoms with Crippen molar-refractivity contribution in [3.05, 3.63) is 78.5 Å². The molecule has 1 atom stereocenters. The number of anilines is 2. The normalized spacial score (nSPS) is 12.3. The Balaban J connectivity index is 1.72. The summed E-state index contributed by atoms with van der Waals surface area (Å²) in [5.41, 5.74) is 1.71. The lowest BCUT2D eigenvalue weighted by atomic mass is 10.1. The van der Waals surface area contributed by atoms with E-state index in [0.29, 0.717) is 5.69 Å². The van der Waals surface area contributed by atoms with Crippen LogP contribution < -0.4 is 10.0 Å². The molecule has 2 aromatic carbocycles. The second-order valence-corrected chi connectivity index (χ2v) is 8.53. The first kappa shape index (κ1) is 22.8. The Kier molecular flexibility index (Phi) is 7.06. The largest absolute Gasteiger partial charge is 0.324 e. The molecule has 10 heteroatoms. The van der Waals surface area contributed by atoms with Crippen LogP contribution in [-0.2, 0) is 19.6 Å². The first-order chi connectivity index (χ1) is 15.3. The summed E-state index contributed by atoms with van der Waals surface area (Å²) in [5.74, 6) is -0.881. The Morgan fingerprint density at radius 1 is 0.969 bits per heavy atom. The molecular formula is C22H21N5O4S. The zero-order valence-corrected chi connectivity index (χ0v) is 18.2. The highest BCUT2D eigenvalue weighted by molar-refractivity contribution is 7.92. The van der Waals surface area contributed by atoms with Gasteiger partial charge >= 0.3 is 0 Å². The van der Waals surface area contributed by atoms with Crippen LogP contribution in [0, 0.1) is 6.92 Å². The van der Waals surface area contributed by atoms with Gasteiger partial charge in [-0.3, -0.25) is 14.3 Å². The van der Waals surface area contributed by atoms with Crippen LogP contribution in [0.15, 0.2) is 88.1 Å². The molecule has 164 valence electrons. The van der Waals surface area contributed by atoms with Gasteiger partial charge in [0.2, 0.25) is 6.04 Å². The third-order valence-electron chi connectivity index (χ3n) is 4.38. The van der Waals surface area contributed by atoms with Crippen LogP contribution in [0.3, 0.4) is 0 Å². The third kappa shape index (κ3) is 5.82. The summed E-state index contributed by atoms with van der Waals surface area (Å²) < 4.78 is 27.3. The lowest BCUT2D eigenvalue weighted by Crippen LogP contribution is -2.32. The molecule has 0 saturated heterocycles. The smallest absolute Gasteiger partial charge is 0.263 e. The molecule has 0 unspecified atom stereocenters. The van der Waals surface area contributed by atoms with E-state index in [2.05, 4.69) is 25.3 Å². The van der Waals surface area contributed by atoms with E-state index in [1.165, 1.54) is 43.5 Å². The van der Waals surface area contributed by atoms with E-state index in [0.717, 1.165) is 5.56 Å². The lowest BCUT2D eigenvalue weighted by Gasteiger charge is -2.11. The Bertz CT molecular complexity index is 1240. The van der Waals surface area contributed by atoms with Gasteiger partial charge in [-0.15, -0.1) is 0 Å². The van der Waals surface area contributed by atoms with Crippen molar-refractivity contribution in [2.75, 3.05) is 10.0 Å². The number of aromatic nitrogens is 1. The molecular weight excluding hydrogens is 430 g/mol. The fraction of sp³-hybridized carbons (Fsp3) is 0.136. The highest BCUT2D eigenvalue weighted by atomic mass is 32.2. The summed E-state index contributed by atoms with van der Waals surface area (Å²) in [5, 5.41) is 10.5. The minimum atomic E-state index is -3.83. The Labute approximate surface area is 185 Å². The molecule has 0 aliphatic heterocycles. The number of sulfonamides is 1. The van der Waals surface area contributed by atoms with Crippen molar-refractivity contribution < 1.29 is 18.0 Å². The number of nitrogens with zero attached hydrogens (tertiary/aromatic N) is 3. The van der Waals surface area contributed by atoms with Gasteiger partial charge in [0.1, 0.15) is 5.82 Å². The van der Waals surface area contributed by atoms with Crippen molar-refractivity contribution in [1.29, 1.82) is 0 Å². The van der Waals surface area contributed by atoms with E-state index < -0.39 is 27.8 Å². The molecule has 0 aliphatic carbocycles. The summed E-state index contributed by atoms with van der Waals surface area (Å²) in [6.45, 7) is 3.08. The number of ketones is 1. The van der Waals surface area contributed by atoms with E-state index in [-0.39, 0.29) is 16.4 Å². The summed E-state index contributed by atoms with van der Waals surface area (Å²) >= 11 is 0. The number of benzene rings is 2. The number of amides is 1. The lowest BCUT2D eigenvalue weighted by molar-refractivity contribution is -0.126. The van der Waals surface area contributed by atoms with E-state index in [4.69, 9.17) is 0 Å². The topological polar surface area (TPSA) is 130 Å². The number of carbonyl (C=O) groups is 2. The van der Waals surface area contributed by atoms with Gasteiger partial charge in [0, 0.05) is 11.9 Å². The van der Waals surface area contributed by atoms with Gasteiger partial charge in [0.25, 0.3) is 15.9 Å². The van der Waals surface area contributed by atoms with Crippen LogP contribution in [0.2, 0.25) is 0 Å². The van der Waals surface area contributed by atoms with Crippen molar-refractivity contribution in [2.45, 2.75) is 24.8 Å². The number of pyridine rings is 1. The van der Waals surface area contributed by atoms with E-state index >= 15 is 0 Å².